The number of hydrazine groups is 1. The van der Waals surface area contributed by atoms with Crippen molar-refractivity contribution in [3.63, 3.8) is 0 Å². The second-order valence-electron chi connectivity index (χ2n) is 5.88. The average molecular weight is 359 g/mol. The molecule has 2 N–H and O–H groups in total. The number of para-hydroxylation sites is 1. The van der Waals surface area contributed by atoms with Gasteiger partial charge in [0.15, 0.2) is 5.76 Å². The zero-order valence-electron chi connectivity index (χ0n) is 14.4. The minimum Gasteiger partial charge on any atom is -0.486 e. The van der Waals surface area contributed by atoms with Crippen LogP contribution >= 0.6 is 0 Å². The summed E-state index contributed by atoms with van der Waals surface area (Å²) in [5, 5.41) is 0. The summed E-state index contributed by atoms with van der Waals surface area (Å²) in [6.45, 7) is 3.53. The molecule has 1 aliphatic heterocycles. The number of urea groups is 1. The number of furan rings is 1. The van der Waals surface area contributed by atoms with Gasteiger partial charge in [0.25, 0.3) is 0 Å². The van der Waals surface area contributed by atoms with E-state index in [0.29, 0.717) is 31.2 Å². The second kappa shape index (κ2) is 8.39. The van der Waals surface area contributed by atoms with Crippen molar-refractivity contribution in [2.45, 2.75) is 19.6 Å². The molecule has 1 fully saturated rings. The van der Waals surface area contributed by atoms with Crippen molar-refractivity contribution in [1.29, 1.82) is 0 Å². The number of hydrogen-bond donors (Lipinski definition) is 2. The van der Waals surface area contributed by atoms with E-state index < -0.39 is 5.91 Å². The number of carbonyl (C=O) groups excluding carboxylic acids is 2. The zero-order chi connectivity index (χ0) is 18.4. The van der Waals surface area contributed by atoms with Gasteiger partial charge in [-0.1, -0.05) is 18.2 Å². The van der Waals surface area contributed by atoms with E-state index in [1.165, 1.54) is 6.07 Å². The number of carbonyl (C=O) groups is 2. The third kappa shape index (κ3) is 4.76. The maximum atomic E-state index is 12.1. The lowest BCUT2D eigenvalue weighted by molar-refractivity contribution is -0.00392. The smallest absolute Gasteiger partial charge is 0.336 e. The highest BCUT2D eigenvalue weighted by Gasteiger charge is 2.22. The third-order valence-corrected chi connectivity index (χ3v) is 3.82. The Morgan fingerprint density at radius 1 is 1.19 bits per heavy atom. The molecule has 3 amide bonds. The van der Waals surface area contributed by atoms with Crippen LogP contribution < -0.4 is 15.6 Å². The van der Waals surface area contributed by atoms with Crippen molar-refractivity contribution < 1.29 is 23.5 Å². The number of rotatable bonds is 4. The maximum absolute atomic E-state index is 12.1. The summed E-state index contributed by atoms with van der Waals surface area (Å²) >= 11 is 0. The number of morpholine rings is 1. The molecule has 1 unspecified atom stereocenters. The molecule has 1 atom stereocenters. The van der Waals surface area contributed by atoms with Gasteiger partial charge in [0.2, 0.25) is 0 Å². The van der Waals surface area contributed by atoms with Gasteiger partial charge >= 0.3 is 11.9 Å². The fourth-order valence-electron chi connectivity index (χ4n) is 2.50. The fraction of sp³-hybridized carbons (Fsp3) is 0.333. The van der Waals surface area contributed by atoms with Gasteiger partial charge in [-0.15, -0.1) is 0 Å². The van der Waals surface area contributed by atoms with Gasteiger partial charge in [-0.3, -0.25) is 10.2 Å². The summed E-state index contributed by atoms with van der Waals surface area (Å²) in [5.74, 6) is 0.771. The summed E-state index contributed by atoms with van der Waals surface area (Å²) in [7, 11) is 0. The molecule has 138 valence electrons. The Morgan fingerprint density at radius 2 is 2.00 bits per heavy atom. The highest BCUT2D eigenvalue weighted by Crippen LogP contribution is 2.13. The highest BCUT2D eigenvalue weighted by molar-refractivity contribution is 5.92. The van der Waals surface area contributed by atoms with Crippen LogP contribution in [0.2, 0.25) is 0 Å². The van der Waals surface area contributed by atoms with E-state index >= 15 is 0 Å². The summed E-state index contributed by atoms with van der Waals surface area (Å²) in [6, 6.07) is 12.1. The first-order valence-electron chi connectivity index (χ1n) is 8.35. The van der Waals surface area contributed by atoms with E-state index in [4.69, 9.17) is 13.9 Å². The Morgan fingerprint density at radius 3 is 2.77 bits per heavy atom. The van der Waals surface area contributed by atoms with Crippen molar-refractivity contribution in [1.82, 2.24) is 15.8 Å². The first kappa shape index (κ1) is 17.8. The molecule has 3 rings (SSSR count). The van der Waals surface area contributed by atoms with E-state index in [1.54, 1.807) is 11.0 Å². The van der Waals surface area contributed by atoms with Gasteiger partial charge in [-0.2, -0.15) is 0 Å². The van der Waals surface area contributed by atoms with Crippen molar-refractivity contribution in [3.05, 3.63) is 54.0 Å². The second-order valence-corrected chi connectivity index (χ2v) is 5.88. The fourth-order valence-corrected chi connectivity index (χ4v) is 2.50. The van der Waals surface area contributed by atoms with Crippen LogP contribution in [-0.2, 0) is 11.3 Å². The minimum absolute atomic E-state index is 0.0255. The molecule has 2 heterocycles. The molecule has 1 aromatic heterocycles. The molecule has 8 heteroatoms. The normalized spacial score (nSPS) is 16.8. The predicted octanol–water partition coefficient (Wildman–Crippen LogP) is 1.93. The van der Waals surface area contributed by atoms with E-state index in [9.17, 15) is 9.59 Å². The molecule has 0 spiro atoms. The van der Waals surface area contributed by atoms with Crippen LogP contribution in [-0.4, -0.2) is 42.6 Å². The SMILES string of the molecule is CC1CN(C(=O)NNC(=O)c2ccc(COc3ccccc3)o2)CCO1. The Balaban J connectivity index is 1.46. The number of nitrogens with zero attached hydrogens (tertiary/aromatic N) is 1. The number of benzene rings is 1. The summed E-state index contributed by atoms with van der Waals surface area (Å²) in [6.07, 6.45) is -0.0255. The van der Waals surface area contributed by atoms with Gasteiger partial charge in [0.05, 0.1) is 12.7 Å². The molecule has 1 aromatic carbocycles. The first-order valence-corrected chi connectivity index (χ1v) is 8.35. The van der Waals surface area contributed by atoms with Gasteiger partial charge in [-0.25, -0.2) is 10.2 Å². The molecule has 0 saturated carbocycles. The monoisotopic (exact) mass is 359 g/mol. The molecule has 1 saturated heterocycles. The van der Waals surface area contributed by atoms with Crippen molar-refractivity contribution >= 4 is 11.9 Å². The van der Waals surface area contributed by atoms with Crippen LogP contribution in [0.4, 0.5) is 4.79 Å². The van der Waals surface area contributed by atoms with Crippen LogP contribution in [0.15, 0.2) is 46.9 Å². The van der Waals surface area contributed by atoms with Crippen LogP contribution in [0.1, 0.15) is 23.2 Å². The van der Waals surface area contributed by atoms with Crippen LogP contribution in [0, 0.1) is 0 Å². The largest absolute Gasteiger partial charge is 0.486 e. The van der Waals surface area contributed by atoms with Gasteiger partial charge in [-0.05, 0) is 31.2 Å². The Kier molecular flexibility index (Phi) is 5.75. The summed E-state index contributed by atoms with van der Waals surface area (Å²) in [5.41, 5.74) is 4.72. The minimum atomic E-state index is -0.536. The highest BCUT2D eigenvalue weighted by atomic mass is 16.5. The Bertz CT molecular complexity index is 746. The van der Waals surface area contributed by atoms with Gasteiger partial charge in [0.1, 0.15) is 18.1 Å². The molecule has 26 heavy (non-hydrogen) atoms. The van der Waals surface area contributed by atoms with Crippen molar-refractivity contribution in [2.24, 2.45) is 0 Å². The number of hydrogen-bond acceptors (Lipinski definition) is 5. The molecular formula is C18H21N3O5. The molecule has 2 aromatic rings. The van der Waals surface area contributed by atoms with E-state index in [-0.39, 0.29) is 24.5 Å². The summed E-state index contributed by atoms with van der Waals surface area (Å²) < 4.78 is 16.4. The number of nitrogens with one attached hydrogen (secondary N) is 2. The molecule has 0 radical (unpaired) electrons. The summed E-state index contributed by atoms with van der Waals surface area (Å²) in [4.78, 5) is 25.7. The van der Waals surface area contributed by atoms with Crippen LogP contribution in [0.3, 0.4) is 0 Å². The maximum Gasteiger partial charge on any atom is 0.336 e. The predicted molar refractivity (Wildman–Crippen MR) is 92.5 cm³/mol. The molecule has 1 aliphatic rings. The topological polar surface area (TPSA) is 93.0 Å². The van der Waals surface area contributed by atoms with Crippen molar-refractivity contribution in [3.8, 4) is 5.75 Å². The van der Waals surface area contributed by atoms with Crippen LogP contribution in [0.25, 0.3) is 0 Å². The average Bonchev–Trinajstić information content (AvgIpc) is 3.14. The number of ether oxygens (including phenoxy) is 2. The lowest BCUT2D eigenvalue weighted by Crippen LogP contribution is -2.53. The lowest BCUT2D eigenvalue weighted by Gasteiger charge is -2.30. The van der Waals surface area contributed by atoms with Gasteiger partial charge < -0.3 is 18.8 Å². The van der Waals surface area contributed by atoms with Crippen LogP contribution in [0.5, 0.6) is 5.75 Å². The Labute approximate surface area is 151 Å². The standard InChI is InChI=1S/C18H21N3O5/c1-13-11-21(9-10-24-13)18(23)20-19-17(22)16-8-7-15(26-16)12-25-14-5-3-2-4-6-14/h2-8,13H,9-12H2,1H3,(H,19,22)(H,20,23). The molecule has 8 nitrogen and oxygen atoms in total. The lowest BCUT2D eigenvalue weighted by atomic mass is 10.3. The number of amides is 3. The van der Waals surface area contributed by atoms with Gasteiger partial charge in [0, 0.05) is 13.1 Å². The molecule has 0 aliphatic carbocycles. The molecular weight excluding hydrogens is 338 g/mol. The van der Waals surface area contributed by atoms with E-state index in [2.05, 4.69) is 10.9 Å². The van der Waals surface area contributed by atoms with Crippen molar-refractivity contribution in [2.75, 3.05) is 19.7 Å². The third-order valence-electron chi connectivity index (χ3n) is 3.82. The van der Waals surface area contributed by atoms with E-state index in [1.807, 2.05) is 37.3 Å². The Hall–Kier alpha value is -3.00. The zero-order valence-corrected chi connectivity index (χ0v) is 14.4. The first-order chi connectivity index (χ1) is 12.6. The quantitative estimate of drug-likeness (QED) is 0.814. The van der Waals surface area contributed by atoms with E-state index in [0.717, 1.165) is 0 Å². The molecule has 0 bridgehead atoms.